The lowest BCUT2D eigenvalue weighted by molar-refractivity contribution is -0.139. The minimum atomic E-state index is -0.777. The van der Waals surface area contributed by atoms with E-state index in [1.54, 1.807) is 0 Å². The summed E-state index contributed by atoms with van der Waals surface area (Å²) in [5.74, 6) is -0.777. The van der Waals surface area contributed by atoms with E-state index in [1.165, 1.54) is 38.5 Å². The summed E-state index contributed by atoms with van der Waals surface area (Å²) in [6.45, 7) is 4.63. The van der Waals surface area contributed by atoms with Crippen LogP contribution in [0.25, 0.3) is 0 Å². The first kappa shape index (κ1) is 18.5. The number of carbonyl (C=O) groups excluding carboxylic acids is 1. The van der Waals surface area contributed by atoms with Crippen LogP contribution in [0, 0.1) is 5.41 Å². The van der Waals surface area contributed by atoms with Gasteiger partial charge in [0.05, 0.1) is 6.54 Å². The number of hydrogen-bond acceptors (Lipinski definition) is 3. The summed E-state index contributed by atoms with van der Waals surface area (Å²) in [5, 5.41) is 12.2. The minimum absolute atomic E-state index is 0.0920. The van der Waals surface area contributed by atoms with E-state index in [4.69, 9.17) is 5.11 Å². The van der Waals surface area contributed by atoms with Crippen LogP contribution >= 0.6 is 0 Å². The highest BCUT2D eigenvalue weighted by molar-refractivity contribution is 5.75. The second kappa shape index (κ2) is 7.94. The molecule has 142 valence electrons. The number of carbonyl (C=O) groups is 2. The van der Waals surface area contributed by atoms with Crippen LogP contribution in [-0.4, -0.2) is 65.2 Å². The molecule has 0 unspecified atom stereocenters. The van der Waals surface area contributed by atoms with Crippen LogP contribution < -0.4 is 5.32 Å². The van der Waals surface area contributed by atoms with Crippen molar-refractivity contribution in [3.05, 3.63) is 0 Å². The molecule has 0 aromatic rings. The van der Waals surface area contributed by atoms with E-state index in [2.05, 4.69) is 5.32 Å². The molecule has 1 spiro atoms. The lowest BCUT2D eigenvalue weighted by Crippen LogP contribution is -2.58. The summed E-state index contributed by atoms with van der Waals surface area (Å²) in [4.78, 5) is 27.6. The number of urea groups is 1. The second-order valence-electron chi connectivity index (χ2n) is 8.31. The molecule has 6 nitrogen and oxygen atoms in total. The Kier molecular flexibility index (Phi) is 5.87. The van der Waals surface area contributed by atoms with Gasteiger partial charge in [-0.15, -0.1) is 0 Å². The van der Waals surface area contributed by atoms with E-state index < -0.39 is 5.97 Å². The molecule has 1 aliphatic heterocycles. The SMILES string of the molecule is CCN(CC(=O)O)C1CC(NC(=O)N2CCCC3(CCCCC3)C2)C1. The van der Waals surface area contributed by atoms with Gasteiger partial charge in [0.15, 0.2) is 0 Å². The van der Waals surface area contributed by atoms with Crippen molar-refractivity contribution in [1.82, 2.24) is 15.1 Å². The molecule has 0 aromatic heterocycles. The number of nitrogens with zero attached hydrogens (tertiary/aromatic N) is 2. The predicted octanol–water partition coefficient (Wildman–Crippen LogP) is 2.68. The van der Waals surface area contributed by atoms with Crippen LogP contribution in [0.5, 0.6) is 0 Å². The van der Waals surface area contributed by atoms with E-state index >= 15 is 0 Å². The van der Waals surface area contributed by atoms with Gasteiger partial charge in [0.25, 0.3) is 0 Å². The zero-order valence-electron chi connectivity index (χ0n) is 15.5. The third-order valence-corrected chi connectivity index (χ3v) is 6.56. The maximum absolute atomic E-state index is 12.7. The standard InChI is InChI=1S/C19H33N3O3/c1-2-21(13-17(23)24)16-11-15(12-16)20-18(25)22-10-6-9-19(14-22)7-4-3-5-8-19/h15-16H,2-14H2,1H3,(H,20,25)(H,23,24). The fourth-order valence-electron chi connectivity index (χ4n) is 5.03. The van der Waals surface area contributed by atoms with E-state index in [0.717, 1.165) is 38.9 Å². The molecule has 1 saturated heterocycles. The molecule has 2 aliphatic carbocycles. The molecule has 0 radical (unpaired) electrons. The number of nitrogens with one attached hydrogen (secondary N) is 1. The highest BCUT2D eigenvalue weighted by atomic mass is 16.4. The molecule has 2 saturated carbocycles. The van der Waals surface area contributed by atoms with Crippen LogP contribution in [0.3, 0.4) is 0 Å². The summed E-state index contributed by atoms with van der Waals surface area (Å²) in [5.41, 5.74) is 0.385. The highest BCUT2D eigenvalue weighted by Gasteiger charge is 2.40. The van der Waals surface area contributed by atoms with Crippen molar-refractivity contribution in [2.24, 2.45) is 5.41 Å². The number of likely N-dealkylation sites (N-methyl/N-ethyl adjacent to an activating group) is 1. The molecule has 25 heavy (non-hydrogen) atoms. The molecule has 0 aromatic carbocycles. The molecule has 0 atom stereocenters. The quantitative estimate of drug-likeness (QED) is 0.799. The van der Waals surface area contributed by atoms with Crippen LogP contribution in [0.2, 0.25) is 0 Å². The second-order valence-corrected chi connectivity index (χ2v) is 8.31. The van der Waals surface area contributed by atoms with Gasteiger partial charge < -0.3 is 15.3 Å². The Morgan fingerprint density at radius 2 is 1.84 bits per heavy atom. The fourth-order valence-corrected chi connectivity index (χ4v) is 5.03. The summed E-state index contributed by atoms with van der Waals surface area (Å²) in [7, 11) is 0. The number of aliphatic carboxylic acids is 1. The lowest BCUT2D eigenvalue weighted by Gasteiger charge is -2.47. The summed E-state index contributed by atoms with van der Waals surface area (Å²) < 4.78 is 0. The largest absolute Gasteiger partial charge is 0.480 e. The van der Waals surface area contributed by atoms with Crippen molar-refractivity contribution in [2.45, 2.75) is 76.8 Å². The molecule has 2 amide bonds. The van der Waals surface area contributed by atoms with Crippen molar-refractivity contribution >= 4 is 12.0 Å². The average Bonchev–Trinajstić information content (AvgIpc) is 2.56. The van der Waals surface area contributed by atoms with Gasteiger partial charge in [0.1, 0.15) is 0 Å². The Balaban J connectivity index is 1.45. The van der Waals surface area contributed by atoms with Crippen LogP contribution in [0.4, 0.5) is 4.79 Å². The monoisotopic (exact) mass is 351 g/mol. The molecule has 6 heteroatoms. The summed E-state index contributed by atoms with van der Waals surface area (Å²) >= 11 is 0. The van der Waals surface area contributed by atoms with Crippen LogP contribution in [-0.2, 0) is 4.79 Å². The maximum atomic E-state index is 12.7. The predicted molar refractivity (Wildman–Crippen MR) is 96.5 cm³/mol. The number of amides is 2. The van der Waals surface area contributed by atoms with Crippen molar-refractivity contribution in [3.63, 3.8) is 0 Å². The zero-order chi connectivity index (χ0) is 17.9. The number of hydrogen-bond donors (Lipinski definition) is 2. The van der Waals surface area contributed by atoms with Crippen molar-refractivity contribution < 1.29 is 14.7 Å². The van der Waals surface area contributed by atoms with Gasteiger partial charge in [-0.25, -0.2) is 4.79 Å². The van der Waals surface area contributed by atoms with Crippen molar-refractivity contribution in [3.8, 4) is 0 Å². The molecule has 1 heterocycles. The van der Waals surface area contributed by atoms with Gasteiger partial charge in [0.2, 0.25) is 0 Å². The molecule has 3 aliphatic rings. The molecule has 3 fully saturated rings. The lowest BCUT2D eigenvalue weighted by atomic mass is 9.69. The molecular formula is C19H33N3O3. The zero-order valence-corrected chi connectivity index (χ0v) is 15.5. The highest BCUT2D eigenvalue weighted by Crippen LogP contribution is 2.43. The van der Waals surface area contributed by atoms with E-state index in [-0.39, 0.29) is 24.7 Å². The number of rotatable bonds is 5. The van der Waals surface area contributed by atoms with Crippen LogP contribution in [0.15, 0.2) is 0 Å². The Morgan fingerprint density at radius 1 is 1.16 bits per heavy atom. The minimum Gasteiger partial charge on any atom is -0.480 e. The number of piperidine rings is 1. The Morgan fingerprint density at radius 3 is 2.48 bits per heavy atom. The summed E-state index contributed by atoms with van der Waals surface area (Å²) in [6, 6.07) is 0.580. The first-order chi connectivity index (χ1) is 12.0. The van der Waals surface area contributed by atoms with Crippen molar-refractivity contribution in [2.75, 3.05) is 26.2 Å². The van der Waals surface area contributed by atoms with Crippen molar-refractivity contribution in [1.29, 1.82) is 0 Å². The van der Waals surface area contributed by atoms with Gasteiger partial charge in [-0.2, -0.15) is 0 Å². The van der Waals surface area contributed by atoms with Gasteiger partial charge in [-0.3, -0.25) is 9.69 Å². The van der Waals surface area contributed by atoms with Crippen LogP contribution in [0.1, 0.15) is 64.7 Å². The number of carboxylic acid groups (broad SMARTS) is 1. The Bertz CT molecular complexity index is 479. The fraction of sp³-hybridized carbons (Fsp3) is 0.895. The first-order valence-corrected chi connectivity index (χ1v) is 10.0. The summed E-state index contributed by atoms with van der Waals surface area (Å²) in [6.07, 6.45) is 10.7. The molecular weight excluding hydrogens is 318 g/mol. The number of likely N-dealkylation sites (tertiary alicyclic amines) is 1. The molecule has 3 rings (SSSR count). The van der Waals surface area contributed by atoms with E-state index in [9.17, 15) is 9.59 Å². The van der Waals surface area contributed by atoms with Gasteiger partial charge in [-0.1, -0.05) is 26.2 Å². The third kappa shape index (κ3) is 4.46. The Hall–Kier alpha value is -1.30. The Labute approximate surface area is 150 Å². The molecule has 2 N–H and O–H groups in total. The van der Waals surface area contributed by atoms with E-state index in [1.807, 2.05) is 16.7 Å². The first-order valence-electron chi connectivity index (χ1n) is 10.0. The van der Waals surface area contributed by atoms with Gasteiger partial charge in [-0.05, 0) is 50.5 Å². The van der Waals surface area contributed by atoms with Gasteiger partial charge in [0, 0.05) is 25.2 Å². The number of carboxylic acids is 1. The van der Waals surface area contributed by atoms with E-state index in [0.29, 0.717) is 5.41 Å². The third-order valence-electron chi connectivity index (χ3n) is 6.56. The maximum Gasteiger partial charge on any atom is 0.317 e. The van der Waals surface area contributed by atoms with Gasteiger partial charge >= 0.3 is 12.0 Å². The smallest absolute Gasteiger partial charge is 0.317 e. The topological polar surface area (TPSA) is 72.9 Å². The molecule has 0 bridgehead atoms. The average molecular weight is 351 g/mol. The normalized spacial score (nSPS) is 28.6.